The Morgan fingerprint density at radius 1 is 0.972 bits per heavy atom. The molecule has 1 aromatic heterocycles. The number of halogens is 1. The molecule has 188 valence electrons. The van der Waals surface area contributed by atoms with Gasteiger partial charge in [0.25, 0.3) is 11.5 Å². The number of hydrogen-bond acceptors (Lipinski definition) is 5. The van der Waals surface area contributed by atoms with Crippen molar-refractivity contribution in [3.8, 4) is 11.1 Å². The van der Waals surface area contributed by atoms with E-state index in [2.05, 4.69) is 5.32 Å². The Balaban J connectivity index is 1.70. The highest BCUT2D eigenvalue weighted by molar-refractivity contribution is 6.66. The summed E-state index contributed by atoms with van der Waals surface area (Å²) < 4.78 is 14.5. The zero-order chi connectivity index (χ0) is 26.6. The Hall–Kier alpha value is -3.14. The minimum atomic E-state index is -0.664. The Morgan fingerprint density at radius 2 is 1.56 bits per heavy atom. The number of benzene rings is 2. The number of rotatable bonds is 4. The van der Waals surface area contributed by atoms with Crippen LogP contribution in [0, 0.1) is 6.92 Å². The molecule has 0 saturated carbocycles. The molecule has 4 rings (SSSR count). The van der Waals surface area contributed by atoms with Gasteiger partial charge in [-0.3, -0.25) is 14.2 Å². The summed E-state index contributed by atoms with van der Waals surface area (Å²) in [6.45, 7) is 9.80. The van der Waals surface area contributed by atoms with Crippen LogP contribution in [-0.4, -0.2) is 33.4 Å². The van der Waals surface area contributed by atoms with E-state index in [0.717, 1.165) is 26.7 Å². The summed E-state index contributed by atoms with van der Waals surface area (Å²) in [4.78, 5) is 37.4. The fourth-order valence-electron chi connectivity index (χ4n) is 4.13. The van der Waals surface area contributed by atoms with E-state index in [9.17, 15) is 14.4 Å². The van der Waals surface area contributed by atoms with Gasteiger partial charge in [0.2, 0.25) is 0 Å². The van der Waals surface area contributed by atoms with Gasteiger partial charge in [-0.15, -0.1) is 0 Å². The molecule has 8 nitrogen and oxygen atoms in total. The number of amides is 1. The van der Waals surface area contributed by atoms with Gasteiger partial charge in [0.05, 0.1) is 11.2 Å². The number of anilines is 1. The lowest BCUT2D eigenvalue weighted by molar-refractivity contribution is 0.00578. The molecule has 0 atom stereocenters. The lowest BCUT2D eigenvalue weighted by atomic mass is 9.77. The van der Waals surface area contributed by atoms with E-state index < -0.39 is 35.5 Å². The van der Waals surface area contributed by atoms with Gasteiger partial charge < -0.3 is 19.2 Å². The van der Waals surface area contributed by atoms with E-state index >= 15 is 0 Å². The van der Waals surface area contributed by atoms with Crippen molar-refractivity contribution >= 4 is 35.8 Å². The van der Waals surface area contributed by atoms with Gasteiger partial charge in [0, 0.05) is 42.0 Å². The molecule has 1 amide bonds. The first-order chi connectivity index (χ1) is 16.7. The average molecular weight is 510 g/mol. The van der Waals surface area contributed by atoms with Crippen LogP contribution in [0.1, 0.15) is 43.6 Å². The van der Waals surface area contributed by atoms with E-state index in [4.69, 9.17) is 20.9 Å². The topological polar surface area (TPSA) is 91.6 Å². The molecule has 0 bridgehead atoms. The summed E-state index contributed by atoms with van der Waals surface area (Å²) in [7, 11) is 2.20. The van der Waals surface area contributed by atoms with Crippen molar-refractivity contribution in [3.05, 3.63) is 79.6 Å². The smallest absolute Gasteiger partial charge is 0.399 e. The third kappa shape index (κ3) is 4.32. The highest BCUT2D eigenvalue weighted by atomic mass is 35.5. The molecule has 1 aliphatic heterocycles. The molecule has 36 heavy (non-hydrogen) atoms. The summed E-state index contributed by atoms with van der Waals surface area (Å²) in [5.41, 5.74) is 1.25. The predicted octanol–water partition coefficient (Wildman–Crippen LogP) is 3.26. The normalized spacial score (nSPS) is 16.3. The molecule has 0 radical (unpaired) electrons. The molecule has 1 aliphatic rings. The molecule has 10 heteroatoms. The van der Waals surface area contributed by atoms with Gasteiger partial charge in [0.1, 0.15) is 5.56 Å². The quantitative estimate of drug-likeness (QED) is 0.545. The standard InChI is InChI=1S/C26H29BClN3O5/c1-15-16(17-11-8-12-19(21(17)28)27-35-25(2,3)26(4,5)36-27)10-9-13-20(15)29-22(32)18-14-30(6)24(34)31(7)23(18)33/h8-14H,1-7H3,(H,29,32). The maximum absolute atomic E-state index is 13.0. The maximum Gasteiger partial charge on any atom is 0.496 e. The fourth-order valence-corrected chi connectivity index (χ4v) is 4.44. The van der Waals surface area contributed by atoms with E-state index in [-0.39, 0.29) is 5.56 Å². The third-order valence-corrected chi connectivity index (χ3v) is 7.52. The molecule has 1 fully saturated rings. The number of carbonyl (C=O) groups is 1. The van der Waals surface area contributed by atoms with Crippen molar-refractivity contribution in [3.63, 3.8) is 0 Å². The van der Waals surface area contributed by atoms with E-state index in [0.29, 0.717) is 10.7 Å². The lowest BCUT2D eigenvalue weighted by Crippen LogP contribution is -2.41. The van der Waals surface area contributed by atoms with Crippen LogP contribution in [0.3, 0.4) is 0 Å². The SMILES string of the molecule is Cc1c(NC(=O)c2cn(C)c(=O)n(C)c2=O)cccc1-c1cccc(B2OC(C)(C)C(C)(C)O2)c1Cl. The Morgan fingerprint density at radius 3 is 2.19 bits per heavy atom. The zero-order valence-corrected chi connectivity index (χ0v) is 22.2. The summed E-state index contributed by atoms with van der Waals surface area (Å²) in [5.74, 6) is -0.608. The first-order valence-corrected chi connectivity index (χ1v) is 11.9. The molecule has 0 aliphatic carbocycles. The van der Waals surface area contributed by atoms with E-state index in [1.54, 1.807) is 12.1 Å². The van der Waals surface area contributed by atoms with Crippen molar-refractivity contribution in [1.82, 2.24) is 9.13 Å². The number of carbonyl (C=O) groups excluding carboxylic acids is 1. The minimum Gasteiger partial charge on any atom is -0.399 e. The van der Waals surface area contributed by atoms with Crippen LogP contribution in [-0.2, 0) is 23.4 Å². The molecule has 0 spiro atoms. The molecular weight excluding hydrogens is 481 g/mol. The monoisotopic (exact) mass is 509 g/mol. The van der Waals surface area contributed by atoms with Crippen molar-refractivity contribution in [2.24, 2.45) is 14.1 Å². The molecule has 1 saturated heterocycles. The summed E-state index contributed by atoms with van der Waals surface area (Å²) in [6.07, 6.45) is 1.24. The van der Waals surface area contributed by atoms with Crippen LogP contribution in [0.2, 0.25) is 5.02 Å². The Labute approximate surface area is 215 Å². The second-order valence-corrected chi connectivity index (χ2v) is 10.4. The van der Waals surface area contributed by atoms with E-state index in [1.165, 1.54) is 24.9 Å². The lowest BCUT2D eigenvalue weighted by Gasteiger charge is -2.32. The minimum absolute atomic E-state index is 0.134. The highest BCUT2D eigenvalue weighted by Gasteiger charge is 2.52. The summed E-state index contributed by atoms with van der Waals surface area (Å²) >= 11 is 6.88. The highest BCUT2D eigenvalue weighted by Crippen LogP contribution is 2.38. The number of aromatic nitrogens is 2. The molecule has 1 N–H and O–H groups in total. The van der Waals surface area contributed by atoms with Crippen LogP contribution < -0.4 is 22.0 Å². The molecule has 2 aromatic carbocycles. The maximum atomic E-state index is 13.0. The van der Waals surface area contributed by atoms with Crippen molar-refractivity contribution < 1.29 is 14.1 Å². The van der Waals surface area contributed by atoms with Crippen LogP contribution in [0.4, 0.5) is 5.69 Å². The van der Waals surface area contributed by atoms with Crippen LogP contribution in [0.25, 0.3) is 11.1 Å². The van der Waals surface area contributed by atoms with Crippen molar-refractivity contribution in [1.29, 1.82) is 0 Å². The van der Waals surface area contributed by atoms with Gasteiger partial charge in [-0.25, -0.2) is 4.79 Å². The van der Waals surface area contributed by atoms with Gasteiger partial charge in [0.15, 0.2) is 0 Å². The van der Waals surface area contributed by atoms with Crippen LogP contribution in [0.15, 0.2) is 52.2 Å². The molecule has 0 unspecified atom stereocenters. The van der Waals surface area contributed by atoms with Crippen LogP contribution in [0.5, 0.6) is 0 Å². The Bertz CT molecular complexity index is 1480. The first-order valence-electron chi connectivity index (χ1n) is 11.6. The summed E-state index contributed by atoms with van der Waals surface area (Å²) in [6, 6.07) is 11.1. The van der Waals surface area contributed by atoms with E-state index in [1.807, 2.05) is 58.9 Å². The predicted molar refractivity (Wildman–Crippen MR) is 142 cm³/mol. The molecule has 2 heterocycles. The van der Waals surface area contributed by atoms with Crippen molar-refractivity contribution in [2.45, 2.75) is 45.8 Å². The van der Waals surface area contributed by atoms with Gasteiger partial charge in [-0.05, 0) is 51.8 Å². The molecular formula is C26H29BClN3O5. The average Bonchev–Trinajstić information content (AvgIpc) is 3.03. The first kappa shape index (κ1) is 25.9. The van der Waals surface area contributed by atoms with Crippen molar-refractivity contribution in [2.75, 3.05) is 5.32 Å². The van der Waals surface area contributed by atoms with Gasteiger partial charge >= 0.3 is 12.8 Å². The third-order valence-electron chi connectivity index (χ3n) is 7.10. The second kappa shape index (κ2) is 9.07. The number of nitrogens with one attached hydrogen (secondary N) is 1. The number of aryl methyl sites for hydroxylation is 1. The second-order valence-electron chi connectivity index (χ2n) is 10.0. The van der Waals surface area contributed by atoms with Gasteiger partial charge in [-0.2, -0.15) is 0 Å². The summed E-state index contributed by atoms with van der Waals surface area (Å²) in [5, 5.41) is 3.30. The largest absolute Gasteiger partial charge is 0.496 e. The fraction of sp³-hybridized carbons (Fsp3) is 0.346. The number of hydrogen-bond donors (Lipinski definition) is 1. The Kier molecular flexibility index (Phi) is 6.53. The van der Waals surface area contributed by atoms with Crippen LogP contribution >= 0.6 is 11.6 Å². The number of nitrogens with zero attached hydrogens (tertiary/aromatic N) is 2. The molecule has 3 aromatic rings. The van der Waals surface area contributed by atoms with Gasteiger partial charge in [-0.1, -0.05) is 41.9 Å². The zero-order valence-electron chi connectivity index (χ0n) is 21.4.